The molecule has 1 heterocycles. The lowest BCUT2D eigenvalue weighted by Crippen LogP contribution is -2.39. The molecule has 3 rings (SSSR count). The number of fused-ring (bicyclic) bond motifs is 1. The molecule has 22 heavy (non-hydrogen) atoms. The Kier molecular flexibility index (Phi) is 4.65. The summed E-state index contributed by atoms with van der Waals surface area (Å²) >= 11 is 12.2. The van der Waals surface area contributed by atoms with Gasteiger partial charge in [-0.1, -0.05) is 42.5 Å². The third-order valence-corrected chi connectivity index (χ3v) is 5.14. The zero-order valence-corrected chi connectivity index (χ0v) is 14.1. The molecule has 3 nitrogen and oxygen atoms in total. The highest BCUT2D eigenvalue weighted by molar-refractivity contribution is 6.38. The predicted octanol–water partition coefficient (Wildman–Crippen LogP) is 5.17. The van der Waals surface area contributed by atoms with E-state index in [1.54, 1.807) is 18.2 Å². The van der Waals surface area contributed by atoms with Gasteiger partial charge in [0.15, 0.2) is 0 Å². The molecule has 0 spiro atoms. The highest BCUT2D eigenvalue weighted by Gasteiger charge is 2.22. The summed E-state index contributed by atoms with van der Waals surface area (Å²) in [6.07, 6.45) is 6.26. The monoisotopic (exact) mass is 338 g/mol. The summed E-state index contributed by atoms with van der Waals surface area (Å²) in [5.74, 6) is 0.501. The molecule has 2 aromatic rings. The first kappa shape index (κ1) is 15.7. The van der Waals surface area contributed by atoms with Crippen LogP contribution in [0.3, 0.4) is 0 Å². The van der Waals surface area contributed by atoms with Gasteiger partial charge in [0, 0.05) is 22.0 Å². The molecule has 5 heteroatoms. The fourth-order valence-electron chi connectivity index (χ4n) is 3.32. The van der Waals surface area contributed by atoms with Crippen molar-refractivity contribution in [3.63, 3.8) is 0 Å². The number of nitrogens with one attached hydrogen (secondary N) is 2. The predicted molar refractivity (Wildman–Crippen MR) is 91.8 cm³/mol. The fourth-order valence-corrected chi connectivity index (χ4v) is 3.87. The standard InChI is InChI=1S/C17H20Cl2N2O/c1-10(11-5-3-2-4-6-11)20-17(22)16-9-13-14(19)7-12(18)8-15(13)21-16/h7-11,21H,2-6H2,1H3,(H,20,22)/t10-/m1/s1. The van der Waals surface area contributed by atoms with E-state index in [4.69, 9.17) is 23.2 Å². The van der Waals surface area contributed by atoms with Crippen LogP contribution < -0.4 is 5.32 Å². The maximum Gasteiger partial charge on any atom is 0.267 e. The van der Waals surface area contributed by atoms with E-state index in [1.807, 2.05) is 0 Å². The molecule has 1 aliphatic rings. The van der Waals surface area contributed by atoms with Crippen LogP contribution in [0.15, 0.2) is 18.2 Å². The largest absolute Gasteiger partial charge is 0.350 e. The second-order valence-electron chi connectivity index (χ2n) is 6.19. The van der Waals surface area contributed by atoms with Crippen molar-refractivity contribution in [2.75, 3.05) is 0 Å². The Labute approximate surface area is 140 Å². The summed E-state index contributed by atoms with van der Waals surface area (Å²) < 4.78 is 0. The number of aromatic nitrogens is 1. The summed E-state index contributed by atoms with van der Waals surface area (Å²) in [4.78, 5) is 15.5. The van der Waals surface area contributed by atoms with Gasteiger partial charge in [0.25, 0.3) is 5.91 Å². The molecule has 0 radical (unpaired) electrons. The number of hydrogen-bond acceptors (Lipinski definition) is 1. The lowest BCUT2D eigenvalue weighted by Gasteiger charge is -2.28. The molecule has 2 N–H and O–H groups in total. The van der Waals surface area contributed by atoms with E-state index in [-0.39, 0.29) is 11.9 Å². The first-order valence-electron chi connectivity index (χ1n) is 7.83. The van der Waals surface area contributed by atoms with Crippen molar-refractivity contribution < 1.29 is 4.79 Å². The fraction of sp³-hybridized carbons (Fsp3) is 0.471. The SMILES string of the molecule is C[C@@H](NC(=O)c1cc2c(Cl)cc(Cl)cc2[nH]1)C1CCCCC1. The Morgan fingerprint density at radius 2 is 1.95 bits per heavy atom. The topological polar surface area (TPSA) is 44.9 Å². The number of halogens is 2. The van der Waals surface area contributed by atoms with Crippen LogP contribution in [0, 0.1) is 5.92 Å². The number of benzene rings is 1. The van der Waals surface area contributed by atoms with Gasteiger partial charge in [-0.05, 0) is 43.9 Å². The van der Waals surface area contributed by atoms with Gasteiger partial charge in [0.2, 0.25) is 0 Å². The van der Waals surface area contributed by atoms with Gasteiger partial charge in [0.05, 0.1) is 5.02 Å². The second kappa shape index (κ2) is 6.51. The molecule has 1 amide bonds. The van der Waals surface area contributed by atoms with E-state index in [9.17, 15) is 4.79 Å². The molecule has 1 aromatic carbocycles. The summed E-state index contributed by atoms with van der Waals surface area (Å²) in [6, 6.07) is 5.45. The van der Waals surface area contributed by atoms with Gasteiger partial charge in [0.1, 0.15) is 5.69 Å². The van der Waals surface area contributed by atoms with Crippen LogP contribution >= 0.6 is 23.2 Å². The number of H-pyrrole nitrogens is 1. The number of aromatic amines is 1. The average molecular weight is 339 g/mol. The molecule has 0 unspecified atom stereocenters. The average Bonchev–Trinajstić information content (AvgIpc) is 2.92. The van der Waals surface area contributed by atoms with Crippen molar-refractivity contribution in [1.82, 2.24) is 10.3 Å². The van der Waals surface area contributed by atoms with Gasteiger partial charge < -0.3 is 10.3 Å². The van der Waals surface area contributed by atoms with Crippen molar-refractivity contribution in [2.45, 2.75) is 45.1 Å². The lowest BCUT2D eigenvalue weighted by molar-refractivity contribution is 0.0915. The zero-order valence-electron chi connectivity index (χ0n) is 12.6. The van der Waals surface area contributed by atoms with E-state index in [2.05, 4.69) is 17.2 Å². The molecule has 0 saturated heterocycles. The maximum atomic E-state index is 12.4. The Balaban J connectivity index is 1.75. The quantitative estimate of drug-likeness (QED) is 0.796. The smallest absolute Gasteiger partial charge is 0.267 e. The van der Waals surface area contributed by atoms with E-state index in [0.717, 1.165) is 10.9 Å². The highest BCUT2D eigenvalue weighted by atomic mass is 35.5. The first-order valence-corrected chi connectivity index (χ1v) is 8.59. The number of hydrogen-bond donors (Lipinski definition) is 2. The molecule has 1 aliphatic carbocycles. The van der Waals surface area contributed by atoms with Crippen LogP contribution in [0.5, 0.6) is 0 Å². The number of rotatable bonds is 3. The van der Waals surface area contributed by atoms with Crippen LogP contribution in [0.2, 0.25) is 10.0 Å². The van der Waals surface area contributed by atoms with Crippen molar-refractivity contribution in [3.05, 3.63) is 33.9 Å². The third kappa shape index (κ3) is 3.26. The number of carbonyl (C=O) groups excluding carboxylic acids is 1. The summed E-state index contributed by atoms with van der Waals surface area (Å²) in [5.41, 5.74) is 1.31. The molecule has 1 saturated carbocycles. The summed E-state index contributed by atoms with van der Waals surface area (Å²) in [7, 11) is 0. The van der Waals surface area contributed by atoms with E-state index in [1.165, 1.54) is 32.1 Å². The Bertz CT molecular complexity index is 689. The van der Waals surface area contributed by atoms with Crippen LogP contribution in [0.1, 0.15) is 49.5 Å². The molecule has 0 bridgehead atoms. The maximum absolute atomic E-state index is 12.4. The van der Waals surface area contributed by atoms with Crippen LogP contribution in [-0.4, -0.2) is 16.9 Å². The van der Waals surface area contributed by atoms with E-state index in [0.29, 0.717) is 21.7 Å². The first-order chi connectivity index (χ1) is 10.5. The van der Waals surface area contributed by atoms with Crippen molar-refractivity contribution in [3.8, 4) is 0 Å². The van der Waals surface area contributed by atoms with Gasteiger partial charge in [-0.3, -0.25) is 4.79 Å². The molecular weight excluding hydrogens is 319 g/mol. The third-order valence-electron chi connectivity index (χ3n) is 4.61. The zero-order chi connectivity index (χ0) is 15.7. The number of carbonyl (C=O) groups is 1. The van der Waals surface area contributed by atoms with E-state index < -0.39 is 0 Å². The summed E-state index contributed by atoms with van der Waals surface area (Å²) in [6.45, 7) is 2.10. The van der Waals surface area contributed by atoms with Gasteiger partial charge >= 0.3 is 0 Å². The Morgan fingerprint density at radius 3 is 2.68 bits per heavy atom. The highest BCUT2D eigenvalue weighted by Crippen LogP contribution is 2.29. The molecule has 1 fully saturated rings. The molecule has 118 valence electrons. The van der Waals surface area contributed by atoms with Crippen molar-refractivity contribution >= 4 is 40.0 Å². The molecule has 1 atom stereocenters. The summed E-state index contributed by atoms with van der Waals surface area (Å²) in [5, 5.41) is 5.05. The van der Waals surface area contributed by atoms with Crippen LogP contribution in [0.4, 0.5) is 0 Å². The van der Waals surface area contributed by atoms with E-state index >= 15 is 0 Å². The van der Waals surface area contributed by atoms with Crippen molar-refractivity contribution in [2.24, 2.45) is 5.92 Å². The normalized spacial score (nSPS) is 17.6. The lowest BCUT2D eigenvalue weighted by atomic mass is 9.84. The van der Waals surface area contributed by atoms with Crippen LogP contribution in [0.25, 0.3) is 10.9 Å². The van der Waals surface area contributed by atoms with Gasteiger partial charge in [-0.25, -0.2) is 0 Å². The minimum atomic E-state index is -0.0820. The molecule has 1 aromatic heterocycles. The molecule has 0 aliphatic heterocycles. The van der Waals surface area contributed by atoms with Gasteiger partial charge in [-0.2, -0.15) is 0 Å². The second-order valence-corrected chi connectivity index (χ2v) is 7.04. The van der Waals surface area contributed by atoms with Crippen molar-refractivity contribution in [1.29, 1.82) is 0 Å². The Hall–Kier alpha value is -1.19. The van der Waals surface area contributed by atoms with Gasteiger partial charge in [-0.15, -0.1) is 0 Å². The Morgan fingerprint density at radius 1 is 1.23 bits per heavy atom. The minimum Gasteiger partial charge on any atom is -0.350 e. The molecular formula is C17H20Cl2N2O. The van der Waals surface area contributed by atoms with Crippen LogP contribution in [-0.2, 0) is 0 Å². The number of amides is 1. The minimum absolute atomic E-state index is 0.0820.